The Kier molecular flexibility index (Phi) is 5.12. The summed E-state index contributed by atoms with van der Waals surface area (Å²) in [5.41, 5.74) is 3.47. The fourth-order valence-electron chi connectivity index (χ4n) is 4.06. The highest BCUT2D eigenvalue weighted by molar-refractivity contribution is 7.18. The van der Waals surface area contributed by atoms with Crippen LogP contribution in [-0.4, -0.2) is 28.2 Å². The van der Waals surface area contributed by atoms with Crippen molar-refractivity contribution in [2.24, 2.45) is 0 Å². The highest BCUT2D eigenvalue weighted by atomic mass is 32.1. The maximum absolute atomic E-state index is 5.54. The molecule has 1 saturated heterocycles. The maximum atomic E-state index is 5.54. The summed E-state index contributed by atoms with van der Waals surface area (Å²) in [6.07, 6.45) is 3.36. The Morgan fingerprint density at radius 1 is 1.03 bits per heavy atom. The van der Waals surface area contributed by atoms with Crippen LogP contribution in [0.15, 0.2) is 53.1 Å². The molecule has 3 heterocycles. The molecule has 148 valence electrons. The molecular formula is C23H25N4OS+. The van der Waals surface area contributed by atoms with Crippen molar-refractivity contribution in [1.29, 1.82) is 0 Å². The second kappa shape index (κ2) is 8.05. The minimum atomic E-state index is 0.575. The average molecular weight is 406 g/mol. The van der Waals surface area contributed by atoms with Crippen LogP contribution in [0.2, 0.25) is 0 Å². The number of thiazole rings is 1. The van der Waals surface area contributed by atoms with Gasteiger partial charge < -0.3 is 9.42 Å². The van der Waals surface area contributed by atoms with Crippen molar-refractivity contribution in [2.45, 2.75) is 38.6 Å². The van der Waals surface area contributed by atoms with Crippen molar-refractivity contribution in [3.05, 3.63) is 65.0 Å². The van der Waals surface area contributed by atoms with Crippen LogP contribution in [0.4, 0.5) is 0 Å². The highest BCUT2D eigenvalue weighted by Gasteiger charge is 2.27. The van der Waals surface area contributed by atoms with Crippen LogP contribution in [0.25, 0.3) is 21.6 Å². The zero-order valence-electron chi connectivity index (χ0n) is 16.6. The van der Waals surface area contributed by atoms with Crippen molar-refractivity contribution >= 4 is 21.6 Å². The van der Waals surface area contributed by atoms with E-state index in [2.05, 4.69) is 65.6 Å². The summed E-state index contributed by atoms with van der Waals surface area (Å²) in [7, 11) is 0. The average Bonchev–Trinajstić information content (AvgIpc) is 3.41. The van der Waals surface area contributed by atoms with Crippen LogP contribution in [-0.2, 0) is 13.0 Å². The maximum Gasteiger partial charge on any atom is 0.282 e. The molecule has 6 heteroatoms. The molecule has 4 aromatic rings. The highest BCUT2D eigenvalue weighted by Crippen LogP contribution is 2.31. The Hall–Kier alpha value is -2.57. The number of aryl methyl sites for hydroxylation is 1. The topological polar surface area (TPSA) is 56.2 Å². The van der Waals surface area contributed by atoms with Gasteiger partial charge in [-0.25, -0.2) is 4.98 Å². The summed E-state index contributed by atoms with van der Waals surface area (Å²) in [4.78, 5) is 11.0. The van der Waals surface area contributed by atoms with Gasteiger partial charge in [-0.05, 0) is 24.1 Å². The molecule has 5 nitrogen and oxygen atoms in total. The lowest BCUT2D eigenvalue weighted by Gasteiger charge is -2.27. The van der Waals surface area contributed by atoms with E-state index in [-0.39, 0.29) is 0 Å². The molecule has 0 atom stereocenters. The van der Waals surface area contributed by atoms with E-state index in [0.29, 0.717) is 11.7 Å². The Balaban J connectivity index is 1.20. The fraction of sp³-hybridized carbons (Fsp3) is 0.348. The summed E-state index contributed by atoms with van der Waals surface area (Å²) in [6, 6.07) is 16.8. The Morgan fingerprint density at radius 2 is 1.83 bits per heavy atom. The molecule has 1 fully saturated rings. The smallest absolute Gasteiger partial charge is 0.282 e. The van der Waals surface area contributed by atoms with Crippen LogP contribution in [0.5, 0.6) is 0 Å². The summed E-state index contributed by atoms with van der Waals surface area (Å²) < 4.78 is 6.83. The molecule has 0 spiro atoms. The number of fused-ring (bicyclic) bond motifs is 1. The summed E-state index contributed by atoms with van der Waals surface area (Å²) in [6.45, 7) is 5.18. The largest absolute Gasteiger partial charge is 0.333 e. The Morgan fingerprint density at radius 3 is 2.59 bits per heavy atom. The molecule has 0 radical (unpaired) electrons. The van der Waals surface area contributed by atoms with Gasteiger partial charge in [0.05, 0.1) is 28.3 Å². The number of nitrogens with one attached hydrogen (secondary N) is 1. The molecule has 2 aromatic heterocycles. The van der Waals surface area contributed by atoms with Gasteiger partial charge >= 0.3 is 0 Å². The molecule has 29 heavy (non-hydrogen) atoms. The first-order chi connectivity index (χ1) is 14.3. The minimum Gasteiger partial charge on any atom is -0.333 e. The zero-order valence-corrected chi connectivity index (χ0v) is 17.4. The predicted molar refractivity (Wildman–Crippen MR) is 115 cm³/mol. The summed E-state index contributed by atoms with van der Waals surface area (Å²) in [5, 5.41) is 5.48. The number of para-hydroxylation sites is 1. The van der Waals surface area contributed by atoms with Crippen molar-refractivity contribution in [3.8, 4) is 11.4 Å². The van der Waals surface area contributed by atoms with Crippen molar-refractivity contribution in [1.82, 2.24) is 15.1 Å². The molecule has 1 N–H and O–H groups in total. The number of hydrogen-bond acceptors (Lipinski definition) is 5. The number of nitrogens with zero attached hydrogens (tertiary/aromatic N) is 3. The fourth-order valence-corrected chi connectivity index (χ4v) is 5.20. The van der Waals surface area contributed by atoms with Gasteiger partial charge in [-0.15, -0.1) is 11.3 Å². The number of quaternary nitrogens is 1. The summed E-state index contributed by atoms with van der Waals surface area (Å²) in [5.74, 6) is 1.99. The SMILES string of the molecule is CCc1ccc(-c2noc(C[NH+]3CCC(c4nc5ccccc5s4)CC3)n2)cc1. The van der Waals surface area contributed by atoms with Crippen LogP contribution < -0.4 is 4.90 Å². The molecular weight excluding hydrogens is 380 g/mol. The van der Waals surface area contributed by atoms with Gasteiger partial charge in [-0.2, -0.15) is 4.98 Å². The quantitative estimate of drug-likeness (QED) is 0.548. The summed E-state index contributed by atoms with van der Waals surface area (Å²) >= 11 is 1.85. The number of piperidine rings is 1. The van der Waals surface area contributed by atoms with E-state index < -0.39 is 0 Å². The molecule has 0 aliphatic carbocycles. The van der Waals surface area contributed by atoms with Gasteiger partial charge in [-0.1, -0.05) is 48.5 Å². The lowest BCUT2D eigenvalue weighted by Crippen LogP contribution is -3.11. The van der Waals surface area contributed by atoms with E-state index in [1.165, 1.54) is 20.2 Å². The number of likely N-dealkylation sites (tertiary alicyclic amines) is 1. The van der Waals surface area contributed by atoms with Gasteiger partial charge in [-0.3, -0.25) is 0 Å². The first-order valence-electron chi connectivity index (χ1n) is 10.4. The van der Waals surface area contributed by atoms with Crippen LogP contribution >= 0.6 is 11.3 Å². The number of hydrogen-bond donors (Lipinski definition) is 1. The molecule has 0 amide bonds. The second-order valence-electron chi connectivity index (χ2n) is 7.78. The van der Waals surface area contributed by atoms with Gasteiger partial charge in [0.2, 0.25) is 5.82 Å². The molecule has 1 aliphatic heterocycles. The lowest BCUT2D eigenvalue weighted by atomic mass is 9.97. The minimum absolute atomic E-state index is 0.575. The first-order valence-corrected chi connectivity index (χ1v) is 11.2. The van der Waals surface area contributed by atoms with E-state index in [1.807, 2.05) is 11.3 Å². The molecule has 2 aromatic carbocycles. The van der Waals surface area contributed by atoms with E-state index in [0.717, 1.165) is 55.9 Å². The number of benzene rings is 2. The van der Waals surface area contributed by atoms with Crippen LogP contribution in [0.1, 0.15) is 42.1 Å². The normalized spacial score (nSPS) is 19.6. The van der Waals surface area contributed by atoms with Gasteiger partial charge in [0, 0.05) is 24.3 Å². The molecule has 0 unspecified atom stereocenters. The molecule has 5 rings (SSSR count). The van der Waals surface area contributed by atoms with E-state index >= 15 is 0 Å². The third-order valence-electron chi connectivity index (χ3n) is 5.84. The van der Waals surface area contributed by atoms with E-state index in [1.54, 1.807) is 0 Å². The molecule has 0 saturated carbocycles. The van der Waals surface area contributed by atoms with Gasteiger partial charge in [0.1, 0.15) is 0 Å². The second-order valence-corrected chi connectivity index (χ2v) is 8.85. The predicted octanol–water partition coefficient (Wildman–Crippen LogP) is 3.87. The standard InChI is InChI=1S/C23H24N4OS/c1-2-16-7-9-17(10-8-16)22-25-21(28-26-22)15-27-13-11-18(12-14-27)23-24-19-5-3-4-6-20(19)29-23/h3-10,18H,2,11-15H2,1H3/p+1. The monoisotopic (exact) mass is 405 g/mol. The first kappa shape index (κ1) is 18.5. The van der Waals surface area contributed by atoms with Gasteiger partial charge in [0.15, 0.2) is 6.54 Å². The number of rotatable bonds is 5. The van der Waals surface area contributed by atoms with Crippen LogP contribution in [0.3, 0.4) is 0 Å². The third kappa shape index (κ3) is 3.95. The van der Waals surface area contributed by atoms with Gasteiger partial charge in [0.25, 0.3) is 5.89 Å². The Bertz CT molecular complexity index is 1060. The van der Waals surface area contributed by atoms with E-state index in [9.17, 15) is 0 Å². The Labute approximate surface area is 174 Å². The molecule has 1 aliphatic rings. The zero-order chi connectivity index (χ0) is 19.6. The van der Waals surface area contributed by atoms with Crippen LogP contribution in [0, 0.1) is 0 Å². The van der Waals surface area contributed by atoms with Crippen molar-refractivity contribution < 1.29 is 9.42 Å². The number of aromatic nitrogens is 3. The molecule has 0 bridgehead atoms. The third-order valence-corrected chi connectivity index (χ3v) is 7.04. The van der Waals surface area contributed by atoms with Crippen molar-refractivity contribution in [3.63, 3.8) is 0 Å². The lowest BCUT2D eigenvalue weighted by molar-refractivity contribution is -0.920. The van der Waals surface area contributed by atoms with E-state index in [4.69, 9.17) is 9.51 Å². The van der Waals surface area contributed by atoms with Crippen molar-refractivity contribution in [2.75, 3.05) is 13.1 Å².